The molecule has 0 aliphatic heterocycles. The maximum atomic E-state index is 13.8. The number of rotatable bonds is 6. The van der Waals surface area contributed by atoms with E-state index in [1.54, 1.807) is 31.4 Å². The molecule has 134 valence electrons. The average molecular weight is 354 g/mol. The fourth-order valence-corrected chi connectivity index (χ4v) is 2.61. The van der Waals surface area contributed by atoms with Crippen LogP contribution in [0.15, 0.2) is 54.7 Å². The van der Waals surface area contributed by atoms with Crippen LogP contribution in [0.25, 0.3) is 10.9 Å². The Bertz CT molecular complexity index is 925. The summed E-state index contributed by atoms with van der Waals surface area (Å²) in [6, 6.07) is 14.0. The Morgan fingerprint density at radius 1 is 1.15 bits per heavy atom. The number of ether oxygens (including phenoxy) is 2. The zero-order chi connectivity index (χ0) is 18.5. The molecule has 0 aliphatic rings. The third-order valence-electron chi connectivity index (χ3n) is 4.01. The summed E-state index contributed by atoms with van der Waals surface area (Å²) in [5, 5.41) is 0.944. The highest BCUT2D eigenvalue weighted by atomic mass is 19.1. The van der Waals surface area contributed by atoms with Crippen molar-refractivity contribution in [3.63, 3.8) is 0 Å². The Labute approximate surface area is 151 Å². The first-order chi connectivity index (χ1) is 12.6. The first kappa shape index (κ1) is 17.7. The second-order valence-corrected chi connectivity index (χ2v) is 5.84. The Morgan fingerprint density at radius 2 is 1.96 bits per heavy atom. The molecule has 3 rings (SSSR count). The highest BCUT2D eigenvalue weighted by molar-refractivity contribution is 5.85. The predicted octanol–water partition coefficient (Wildman–Crippen LogP) is 3.42. The molecule has 0 radical (unpaired) electrons. The lowest BCUT2D eigenvalue weighted by Gasteiger charge is -2.18. The topological polar surface area (TPSA) is 51.7 Å². The van der Waals surface area contributed by atoms with Crippen LogP contribution in [0.5, 0.6) is 11.5 Å². The van der Waals surface area contributed by atoms with Crippen LogP contribution in [0.2, 0.25) is 0 Å². The Hall–Kier alpha value is -3.15. The van der Waals surface area contributed by atoms with E-state index in [4.69, 9.17) is 9.47 Å². The maximum Gasteiger partial charge on any atom is 0.260 e. The van der Waals surface area contributed by atoms with E-state index in [1.807, 2.05) is 24.3 Å². The summed E-state index contributed by atoms with van der Waals surface area (Å²) in [7, 11) is 3.06. The molecule has 26 heavy (non-hydrogen) atoms. The number of halogens is 1. The quantitative estimate of drug-likeness (QED) is 0.681. The minimum absolute atomic E-state index is 0.120. The van der Waals surface area contributed by atoms with Crippen molar-refractivity contribution in [2.45, 2.75) is 6.54 Å². The van der Waals surface area contributed by atoms with Gasteiger partial charge in [-0.3, -0.25) is 9.78 Å². The number of fused-ring (bicyclic) bond motifs is 1. The standard InChI is InChI=1S/C20H19FN2O3/c1-23(12-14-8-9-17(25-2)16(21)11-14)19(24)13-26-18-7-3-5-15-6-4-10-22-20(15)18/h3-11H,12-13H2,1-2H3. The lowest BCUT2D eigenvalue weighted by atomic mass is 10.2. The van der Waals surface area contributed by atoms with Crippen molar-refractivity contribution in [2.24, 2.45) is 0 Å². The zero-order valence-electron chi connectivity index (χ0n) is 14.6. The van der Waals surface area contributed by atoms with Crippen LogP contribution in [0.4, 0.5) is 4.39 Å². The Morgan fingerprint density at radius 3 is 2.73 bits per heavy atom. The number of amides is 1. The molecule has 0 N–H and O–H groups in total. The van der Waals surface area contributed by atoms with Crippen molar-refractivity contribution < 1.29 is 18.7 Å². The predicted molar refractivity (Wildman–Crippen MR) is 96.7 cm³/mol. The van der Waals surface area contributed by atoms with Crippen molar-refractivity contribution >= 4 is 16.8 Å². The van der Waals surface area contributed by atoms with Crippen LogP contribution in [-0.4, -0.2) is 36.6 Å². The second kappa shape index (κ2) is 7.82. The van der Waals surface area contributed by atoms with Gasteiger partial charge in [0.25, 0.3) is 5.91 Å². The van der Waals surface area contributed by atoms with Gasteiger partial charge in [-0.15, -0.1) is 0 Å². The van der Waals surface area contributed by atoms with Crippen molar-refractivity contribution in [3.8, 4) is 11.5 Å². The van der Waals surface area contributed by atoms with Crippen molar-refractivity contribution in [3.05, 3.63) is 66.1 Å². The molecule has 0 atom stereocenters. The number of hydrogen-bond acceptors (Lipinski definition) is 4. The monoisotopic (exact) mass is 354 g/mol. The molecule has 0 unspecified atom stereocenters. The van der Waals surface area contributed by atoms with Gasteiger partial charge in [-0.1, -0.05) is 24.3 Å². The van der Waals surface area contributed by atoms with Crippen molar-refractivity contribution in [2.75, 3.05) is 20.8 Å². The van der Waals surface area contributed by atoms with E-state index in [0.29, 0.717) is 16.8 Å². The van der Waals surface area contributed by atoms with Gasteiger partial charge in [-0.2, -0.15) is 0 Å². The lowest BCUT2D eigenvalue weighted by molar-refractivity contribution is -0.132. The Kier molecular flexibility index (Phi) is 5.31. The molecular formula is C20H19FN2O3. The summed E-state index contributed by atoms with van der Waals surface area (Å²) in [5.41, 5.74) is 1.38. The summed E-state index contributed by atoms with van der Waals surface area (Å²) < 4.78 is 24.3. The molecule has 0 saturated carbocycles. The fraction of sp³-hybridized carbons (Fsp3) is 0.200. The molecule has 0 saturated heterocycles. The molecule has 0 spiro atoms. The smallest absolute Gasteiger partial charge is 0.260 e. The number of carbonyl (C=O) groups excluding carboxylic acids is 1. The fourth-order valence-electron chi connectivity index (χ4n) is 2.61. The van der Waals surface area contributed by atoms with E-state index in [0.717, 1.165) is 5.39 Å². The third kappa shape index (κ3) is 3.91. The number of methoxy groups -OCH3 is 1. The number of benzene rings is 2. The molecule has 0 bridgehead atoms. The number of likely N-dealkylation sites (N-methyl/N-ethyl adjacent to an activating group) is 1. The van der Waals surface area contributed by atoms with Crippen LogP contribution in [-0.2, 0) is 11.3 Å². The summed E-state index contributed by atoms with van der Waals surface area (Å²) in [6.45, 7) is 0.154. The molecule has 0 fully saturated rings. The van der Waals surface area contributed by atoms with Gasteiger partial charge in [-0.05, 0) is 29.8 Å². The molecule has 2 aromatic carbocycles. The van der Waals surface area contributed by atoms with Gasteiger partial charge in [0.1, 0.15) is 11.3 Å². The second-order valence-electron chi connectivity index (χ2n) is 5.84. The largest absolute Gasteiger partial charge is 0.494 e. The number of hydrogen-bond donors (Lipinski definition) is 0. The van der Waals surface area contributed by atoms with Gasteiger partial charge in [0.05, 0.1) is 7.11 Å². The minimum Gasteiger partial charge on any atom is -0.494 e. The molecule has 6 heteroatoms. The van der Waals surface area contributed by atoms with Gasteiger partial charge < -0.3 is 14.4 Å². The summed E-state index contributed by atoms with van der Waals surface area (Å²) >= 11 is 0. The highest BCUT2D eigenvalue weighted by Crippen LogP contribution is 2.23. The first-order valence-electron chi connectivity index (χ1n) is 8.11. The van der Waals surface area contributed by atoms with Gasteiger partial charge in [-0.25, -0.2) is 4.39 Å². The SMILES string of the molecule is COc1ccc(CN(C)C(=O)COc2cccc3cccnc23)cc1F. The van der Waals surface area contributed by atoms with Gasteiger partial charge in [0, 0.05) is 25.2 Å². The molecule has 0 aliphatic carbocycles. The number of nitrogens with zero attached hydrogens (tertiary/aromatic N) is 2. The third-order valence-corrected chi connectivity index (χ3v) is 4.01. The number of pyridine rings is 1. The van der Waals surface area contributed by atoms with Crippen LogP contribution in [0.1, 0.15) is 5.56 Å². The lowest BCUT2D eigenvalue weighted by Crippen LogP contribution is -2.31. The maximum absolute atomic E-state index is 13.8. The van der Waals surface area contributed by atoms with Gasteiger partial charge in [0.2, 0.25) is 0 Å². The van der Waals surface area contributed by atoms with E-state index in [1.165, 1.54) is 18.1 Å². The van der Waals surface area contributed by atoms with E-state index in [2.05, 4.69) is 4.98 Å². The van der Waals surface area contributed by atoms with E-state index in [-0.39, 0.29) is 24.8 Å². The van der Waals surface area contributed by atoms with Crippen LogP contribution in [0.3, 0.4) is 0 Å². The number of carbonyl (C=O) groups is 1. The molecule has 3 aromatic rings. The molecular weight excluding hydrogens is 335 g/mol. The van der Waals surface area contributed by atoms with E-state index < -0.39 is 5.82 Å². The molecule has 1 aromatic heterocycles. The highest BCUT2D eigenvalue weighted by Gasteiger charge is 2.13. The van der Waals surface area contributed by atoms with E-state index >= 15 is 0 Å². The molecule has 1 heterocycles. The van der Waals surface area contributed by atoms with Crippen molar-refractivity contribution in [1.82, 2.24) is 9.88 Å². The molecule has 5 nitrogen and oxygen atoms in total. The van der Waals surface area contributed by atoms with Crippen LogP contribution >= 0.6 is 0 Å². The summed E-state index contributed by atoms with van der Waals surface area (Å²) in [4.78, 5) is 18.1. The summed E-state index contributed by atoms with van der Waals surface area (Å²) in [5.74, 6) is 0.0629. The first-order valence-corrected chi connectivity index (χ1v) is 8.11. The van der Waals surface area contributed by atoms with Crippen molar-refractivity contribution in [1.29, 1.82) is 0 Å². The van der Waals surface area contributed by atoms with Crippen LogP contribution < -0.4 is 9.47 Å². The zero-order valence-corrected chi connectivity index (χ0v) is 14.6. The average Bonchev–Trinajstić information content (AvgIpc) is 2.66. The normalized spacial score (nSPS) is 10.6. The minimum atomic E-state index is -0.455. The van der Waals surface area contributed by atoms with Crippen LogP contribution in [0, 0.1) is 5.82 Å². The number of para-hydroxylation sites is 1. The number of aromatic nitrogens is 1. The molecule has 1 amide bonds. The summed E-state index contributed by atoms with van der Waals surface area (Å²) in [6.07, 6.45) is 1.68. The van der Waals surface area contributed by atoms with E-state index in [9.17, 15) is 9.18 Å². The van der Waals surface area contributed by atoms with Gasteiger partial charge >= 0.3 is 0 Å². The van der Waals surface area contributed by atoms with Gasteiger partial charge in [0.15, 0.2) is 18.2 Å². The Balaban J connectivity index is 1.63.